The fourth-order valence-electron chi connectivity index (χ4n) is 1.15. The van der Waals surface area contributed by atoms with Gasteiger partial charge in [0.2, 0.25) is 0 Å². The van der Waals surface area contributed by atoms with Crippen molar-refractivity contribution in [3.05, 3.63) is 42.2 Å². The van der Waals surface area contributed by atoms with Crippen LogP contribution in [0.2, 0.25) is 0 Å². The van der Waals surface area contributed by atoms with Crippen molar-refractivity contribution in [1.29, 1.82) is 0 Å². The first-order valence-corrected chi connectivity index (χ1v) is 3.92. The summed E-state index contributed by atoms with van der Waals surface area (Å²) in [4.78, 5) is 0. The summed E-state index contributed by atoms with van der Waals surface area (Å²) < 4.78 is 26.9. The SMILES string of the molecule is Nc1cnn(-c2cc(F)cc(F)c2)c1. The molecule has 0 amide bonds. The summed E-state index contributed by atoms with van der Waals surface area (Å²) in [6, 6.07) is 3.15. The lowest BCUT2D eigenvalue weighted by molar-refractivity contribution is 0.580. The van der Waals surface area contributed by atoms with Crippen molar-refractivity contribution in [2.75, 3.05) is 5.73 Å². The van der Waals surface area contributed by atoms with Crippen molar-refractivity contribution >= 4 is 5.69 Å². The maximum absolute atomic E-state index is 12.8. The van der Waals surface area contributed by atoms with Gasteiger partial charge in [0.15, 0.2) is 0 Å². The van der Waals surface area contributed by atoms with Crippen LogP contribution in [0.1, 0.15) is 0 Å². The van der Waals surface area contributed by atoms with E-state index in [-0.39, 0.29) is 0 Å². The molecule has 0 aliphatic rings. The van der Waals surface area contributed by atoms with Gasteiger partial charge in [-0.3, -0.25) is 0 Å². The molecule has 0 aliphatic heterocycles. The predicted molar refractivity (Wildman–Crippen MR) is 47.9 cm³/mol. The number of halogens is 2. The lowest BCUT2D eigenvalue weighted by Crippen LogP contribution is -1.96. The minimum absolute atomic E-state index is 0.305. The van der Waals surface area contributed by atoms with Crippen LogP contribution in [-0.4, -0.2) is 9.78 Å². The molecule has 72 valence electrons. The van der Waals surface area contributed by atoms with Gasteiger partial charge in [-0.15, -0.1) is 0 Å². The topological polar surface area (TPSA) is 43.8 Å². The van der Waals surface area contributed by atoms with Gasteiger partial charge in [-0.2, -0.15) is 5.10 Å². The van der Waals surface area contributed by atoms with Gasteiger partial charge in [0.25, 0.3) is 0 Å². The van der Waals surface area contributed by atoms with Crippen LogP contribution in [0.3, 0.4) is 0 Å². The second-order valence-corrected chi connectivity index (χ2v) is 2.85. The Morgan fingerprint density at radius 2 is 1.79 bits per heavy atom. The molecule has 1 aromatic carbocycles. The van der Waals surface area contributed by atoms with E-state index >= 15 is 0 Å². The standard InChI is InChI=1S/C9H7F2N3/c10-6-1-7(11)3-9(2-6)14-5-8(12)4-13-14/h1-5H,12H2. The third-order valence-electron chi connectivity index (χ3n) is 1.71. The summed E-state index contributed by atoms with van der Waals surface area (Å²) in [5, 5.41) is 3.83. The molecule has 0 fully saturated rings. The first-order chi connectivity index (χ1) is 6.65. The van der Waals surface area contributed by atoms with Crippen LogP contribution in [0.25, 0.3) is 5.69 Å². The smallest absolute Gasteiger partial charge is 0.128 e. The maximum Gasteiger partial charge on any atom is 0.128 e. The van der Waals surface area contributed by atoms with Gasteiger partial charge in [0.05, 0.1) is 23.8 Å². The molecule has 0 radical (unpaired) electrons. The Morgan fingerprint density at radius 1 is 1.14 bits per heavy atom. The largest absolute Gasteiger partial charge is 0.396 e. The van der Waals surface area contributed by atoms with Gasteiger partial charge < -0.3 is 5.73 Å². The van der Waals surface area contributed by atoms with E-state index < -0.39 is 11.6 Å². The molecular weight excluding hydrogens is 188 g/mol. The molecule has 1 aromatic heterocycles. The number of rotatable bonds is 1. The fraction of sp³-hybridized carbons (Fsp3) is 0. The highest BCUT2D eigenvalue weighted by atomic mass is 19.1. The lowest BCUT2D eigenvalue weighted by Gasteiger charge is -2.00. The van der Waals surface area contributed by atoms with Crippen LogP contribution in [0, 0.1) is 11.6 Å². The van der Waals surface area contributed by atoms with Crippen LogP contribution in [0.5, 0.6) is 0 Å². The highest BCUT2D eigenvalue weighted by Gasteiger charge is 2.03. The maximum atomic E-state index is 12.8. The van der Waals surface area contributed by atoms with E-state index in [4.69, 9.17) is 5.73 Å². The second kappa shape index (κ2) is 3.10. The molecule has 2 rings (SSSR count). The van der Waals surface area contributed by atoms with Crippen LogP contribution in [-0.2, 0) is 0 Å². The Hall–Kier alpha value is -1.91. The normalized spacial score (nSPS) is 10.4. The fourth-order valence-corrected chi connectivity index (χ4v) is 1.15. The molecule has 3 nitrogen and oxygen atoms in total. The van der Waals surface area contributed by atoms with Crippen molar-refractivity contribution in [3.63, 3.8) is 0 Å². The first kappa shape index (κ1) is 8.68. The minimum Gasteiger partial charge on any atom is -0.396 e. The molecular formula is C9H7F2N3. The Kier molecular flexibility index (Phi) is 1.92. The van der Waals surface area contributed by atoms with Gasteiger partial charge in [-0.25, -0.2) is 13.5 Å². The highest BCUT2D eigenvalue weighted by molar-refractivity contribution is 5.38. The van der Waals surface area contributed by atoms with Gasteiger partial charge >= 0.3 is 0 Å². The quantitative estimate of drug-likeness (QED) is 0.753. The summed E-state index contributed by atoms with van der Waals surface area (Å²) in [5.41, 5.74) is 6.17. The van der Waals surface area contributed by atoms with Crippen molar-refractivity contribution in [2.24, 2.45) is 0 Å². The van der Waals surface area contributed by atoms with Gasteiger partial charge in [0, 0.05) is 6.07 Å². The summed E-state index contributed by atoms with van der Waals surface area (Å²) in [6.07, 6.45) is 2.89. The molecule has 14 heavy (non-hydrogen) atoms. The number of aromatic nitrogens is 2. The zero-order valence-corrected chi connectivity index (χ0v) is 7.11. The zero-order valence-electron chi connectivity index (χ0n) is 7.11. The predicted octanol–water partition coefficient (Wildman–Crippen LogP) is 1.73. The van der Waals surface area contributed by atoms with E-state index in [1.165, 1.54) is 29.2 Å². The summed E-state index contributed by atoms with van der Waals surface area (Å²) in [5.74, 6) is -1.29. The monoisotopic (exact) mass is 195 g/mol. The zero-order chi connectivity index (χ0) is 10.1. The average Bonchev–Trinajstić information content (AvgIpc) is 2.50. The third-order valence-corrected chi connectivity index (χ3v) is 1.71. The molecule has 0 saturated carbocycles. The Labute approximate surface area is 78.8 Å². The average molecular weight is 195 g/mol. The number of benzene rings is 1. The van der Waals surface area contributed by atoms with Gasteiger partial charge in [-0.1, -0.05) is 0 Å². The van der Waals surface area contributed by atoms with Crippen molar-refractivity contribution in [1.82, 2.24) is 9.78 Å². The Morgan fingerprint density at radius 3 is 2.29 bits per heavy atom. The summed E-state index contributed by atoms with van der Waals surface area (Å²) in [7, 11) is 0. The lowest BCUT2D eigenvalue weighted by atomic mass is 10.3. The molecule has 0 spiro atoms. The van der Waals surface area contributed by atoms with E-state index in [0.29, 0.717) is 11.4 Å². The molecule has 1 heterocycles. The molecule has 0 bridgehead atoms. The van der Waals surface area contributed by atoms with Crippen LogP contribution < -0.4 is 5.73 Å². The number of hydrogen-bond acceptors (Lipinski definition) is 2. The first-order valence-electron chi connectivity index (χ1n) is 3.92. The van der Waals surface area contributed by atoms with Crippen LogP contribution in [0.4, 0.5) is 14.5 Å². The van der Waals surface area contributed by atoms with Crippen LogP contribution >= 0.6 is 0 Å². The third kappa shape index (κ3) is 1.56. The Balaban J connectivity index is 2.51. The molecule has 0 saturated heterocycles. The van der Waals surface area contributed by atoms with E-state index in [1.54, 1.807) is 0 Å². The van der Waals surface area contributed by atoms with E-state index in [9.17, 15) is 8.78 Å². The summed E-state index contributed by atoms with van der Waals surface area (Å²) in [6.45, 7) is 0. The van der Waals surface area contributed by atoms with Crippen molar-refractivity contribution in [3.8, 4) is 5.69 Å². The number of nitrogen functional groups attached to an aromatic ring is 1. The second-order valence-electron chi connectivity index (χ2n) is 2.85. The van der Waals surface area contributed by atoms with E-state index in [1.807, 2.05) is 0 Å². The van der Waals surface area contributed by atoms with E-state index in [2.05, 4.69) is 5.10 Å². The summed E-state index contributed by atoms with van der Waals surface area (Å²) >= 11 is 0. The molecule has 0 atom stereocenters. The van der Waals surface area contributed by atoms with Crippen molar-refractivity contribution < 1.29 is 8.78 Å². The molecule has 0 unspecified atom stereocenters. The van der Waals surface area contributed by atoms with E-state index in [0.717, 1.165) is 6.07 Å². The number of nitrogens with zero attached hydrogens (tertiary/aromatic N) is 2. The van der Waals surface area contributed by atoms with Crippen LogP contribution in [0.15, 0.2) is 30.6 Å². The molecule has 2 aromatic rings. The molecule has 5 heteroatoms. The number of hydrogen-bond donors (Lipinski definition) is 1. The van der Waals surface area contributed by atoms with Gasteiger partial charge in [-0.05, 0) is 12.1 Å². The number of nitrogens with two attached hydrogens (primary N) is 1. The van der Waals surface area contributed by atoms with Crippen molar-refractivity contribution in [2.45, 2.75) is 0 Å². The Bertz CT molecular complexity index is 445. The minimum atomic E-state index is -0.644. The molecule has 0 aliphatic carbocycles. The number of anilines is 1. The molecule has 2 N–H and O–H groups in total. The van der Waals surface area contributed by atoms with Gasteiger partial charge in [0.1, 0.15) is 11.6 Å². The highest BCUT2D eigenvalue weighted by Crippen LogP contribution is 2.13.